The van der Waals surface area contributed by atoms with Crippen molar-refractivity contribution in [3.8, 4) is 0 Å². The zero-order valence-electron chi connectivity index (χ0n) is 8.63. The molecule has 0 aromatic carbocycles. The predicted molar refractivity (Wildman–Crippen MR) is 52.5 cm³/mol. The van der Waals surface area contributed by atoms with Gasteiger partial charge in [-0.1, -0.05) is 26.8 Å². The molecule has 0 aromatic heterocycles. The van der Waals surface area contributed by atoms with Crippen molar-refractivity contribution in [1.82, 2.24) is 0 Å². The lowest BCUT2D eigenvalue weighted by Crippen LogP contribution is -2.31. The Morgan fingerprint density at radius 3 is 2.69 bits per heavy atom. The molecule has 0 saturated carbocycles. The summed E-state index contributed by atoms with van der Waals surface area (Å²) in [6, 6.07) is 0. The van der Waals surface area contributed by atoms with Gasteiger partial charge in [0.05, 0.1) is 0 Å². The lowest BCUT2D eigenvalue weighted by molar-refractivity contribution is -0.134. The van der Waals surface area contributed by atoms with E-state index in [1.165, 1.54) is 0 Å². The van der Waals surface area contributed by atoms with Crippen LogP contribution in [0.2, 0.25) is 0 Å². The Morgan fingerprint density at radius 2 is 2.31 bits per heavy atom. The van der Waals surface area contributed by atoms with Crippen molar-refractivity contribution in [2.45, 2.75) is 40.0 Å². The Kier molecular flexibility index (Phi) is 2.79. The van der Waals surface area contributed by atoms with Crippen LogP contribution < -0.4 is 0 Å². The van der Waals surface area contributed by atoms with Crippen molar-refractivity contribution in [3.63, 3.8) is 0 Å². The standard InChI is InChI=1S/C11H18O2/c1-4-9-8(10(12)13)6-5-7-11(9,2)3/h6,9H,4-5,7H2,1-3H3,(H,12,13). The number of carbonyl (C=O) groups is 1. The zero-order valence-corrected chi connectivity index (χ0v) is 8.63. The highest BCUT2D eigenvalue weighted by Gasteiger charge is 2.35. The van der Waals surface area contributed by atoms with Crippen LogP contribution in [-0.4, -0.2) is 11.1 Å². The van der Waals surface area contributed by atoms with Crippen molar-refractivity contribution in [3.05, 3.63) is 11.6 Å². The van der Waals surface area contributed by atoms with Crippen LogP contribution in [0, 0.1) is 11.3 Å². The average molecular weight is 182 g/mol. The highest BCUT2D eigenvalue weighted by atomic mass is 16.4. The van der Waals surface area contributed by atoms with Crippen LogP contribution in [0.4, 0.5) is 0 Å². The molecule has 74 valence electrons. The van der Waals surface area contributed by atoms with Gasteiger partial charge in [-0.15, -0.1) is 0 Å². The Morgan fingerprint density at radius 1 is 1.69 bits per heavy atom. The molecular formula is C11H18O2. The Hall–Kier alpha value is -0.790. The van der Waals surface area contributed by atoms with Crippen molar-refractivity contribution >= 4 is 5.97 Å². The van der Waals surface area contributed by atoms with Crippen molar-refractivity contribution < 1.29 is 9.90 Å². The molecule has 13 heavy (non-hydrogen) atoms. The number of hydrogen-bond donors (Lipinski definition) is 1. The monoisotopic (exact) mass is 182 g/mol. The maximum atomic E-state index is 10.9. The third-order valence-electron chi connectivity index (χ3n) is 3.13. The van der Waals surface area contributed by atoms with E-state index in [0.717, 1.165) is 19.3 Å². The molecule has 1 aliphatic carbocycles. The number of carboxylic acids is 1. The molecule has 1 unspecified atom stereocenters. The second-order valence-corrected chi connectivity index (χ2v) is 4.45. The van der Waals surface area contributed by atoms with Crippen LogP contribution in [0.5, 0.6) is 0 Å². The van der Waals surface area contributed by atoms with Gasteiger partial charge in [0.15, 0.2) is 0 Å². The fourth-order valence-corrected chi connectivity index (χ4v) is 2.35. The Bertz CT molecular complexity index is 238. The van der Waals surface area contributed by atoms with Crippen molar-refractivity contribution in [2.75, 3.05) is 0 Å². The molecule has 1 aliphatic rings. The van der Waals surface area contributed by atoms with E-state index in [9.17, 15) is 4.79 Å². The van der Waals surface area contributed by atoms with E-state index in [-0.39, 0.29) is 11.3 Å². The second-order valence-electron chi connectivity index (χ2n) is 4.45. The van der Waals surface area contributed by atoms with E-state index >= 15 is 0 Å². The average Bonchev–Trinajstić information content (AvgIpc) is 2.02. The van der Waals surface area contributed by atoms with Crippen LogP contribution in [0.3, 0.4) is 0 Å². The van der Waals surface area contributed by atoms with Crippen LogP contribution in [0.15, 0.2) is 11.6 Å². The first-order chi connectivity index (χ1) is 5.99. The van der Waals surface area contributed by atoms with Gasteiger partial charge in [-0.05, 0) is 30.6 Å². The van der Waals surface area contributed by atoms with Gasteiger partial charge in [-0.3, -0.25) is 0 Å². The molecule has 0 fully saturated rings. The lowest BCUT2D eigenvalue weighted by Gasteiger charge is -2.37. The Balaban J connectivity index is 2.95. The minimum atomic E-state index is -0.736. The maximum absolute atomic E-state index is 10.9. The van der Waals surface area contributed by atoms with Gasteiger partial charge in [0.25, 0.3) is 0 Å². The lowest BCUT2D eigenvalue weighted by atomic mass is 9.67. The molecule has 0 amide bonds. The molecule has 2 heteroatoms. The van der Waals surface area contributed by atoms with Gasteiger partial charge in [0.2, 0.25) is 0 Å². The summed E-state index contributed by atoms with van der Waals surface area (Å²) in [5.41, 5.74) is 0.774. The molecule has 0 radical (unpaired) electrons. The molecular weight excluding hydrogens is 164 g/mol. The molecule has 0 bridgehead atoms. The third-order valence-corrected chi connectivity index (χ3v) is 3.13. The first kappa shape index (κ1) is 10.3. The number of carboxylic acid groups (broad SMARTS) is 1. The van der Waals surface area contributed by atoms with Gasteiger partial charge >= 0.3 is 5.97 Å². The van der Waals surface area contributed by atoms with Gasteiger partial charge in [0, 0.05) is 5.57 Å². The van der Waals surface area contributed by atoms with E-state index in [1.54, 1.807) is 0 Å². The summed E-state index contributed by atoms with van der Waals surface area (Å²) in [5.74, 6) is -0.515. The number of hydrogen-bond acceptors (Lipinski definition) is 1. The molecule has 0 spiro atoms. The molecule has 1 rings (SSSR count). The molecule has 1 atom stereocenters. The molecule has 0 saturated heterocycles. The zero-order chi connectivity index (χ0) is 10.1. The van der Waals surface area contributed by atoms with Crippen LogP contribution >= 0.6 is 0 Å². The number of aliphatic carboxylic acids is 1. The van der Waals surface area contributed by atoms with Crippen molar-refractivity contribution in [1.29, 1.82) is 0 Å². The predicted octanol–water partition coefficient (Wildman–Crippen LogP) is 2.84. The van der Waals surface area contributed by atoms with E-state index < -0.39 is 5.97 Å². The summed E-state index contributed by atoms with van der Waals surface area (Å²) in [7, 11) is 0. The van der Waals surface area contributed by atoms with Gasteiger partial charge in [-0.2, -0.15) is 0 Å². The van der Waals surface area contributed by atoms with Crippen LogP contribution in [-0.2, 0) is 4.79 Å². The molecule has 1 N–H and O–H groups in total. The van der Waals surface area contributed by atoms with Gasteiger partial charge < -0.3 is 5.11 Å². The van der Waals surface area contributed by atoms with E-state index in [0.29, 0.717) is 5.57 Å². The summed E-state index contributed by atoms with van der Waals surface area (Å²) in [4.78, 5) is 10.9. The summed E-state index contributed by atoms with van der Waals surface area (Å²) in [6.07, 6.45) is 4.82. The van der Waals surface area contributed by atoms with Gasteiger partial charge in [0.1, 0.15) is 0 Å². The van der Waals surface area contributed by atoms with Crippen molar-refractivity contribution in [2.24, 2.45) is 11.3 Å². The number of allylic oxidation sites excluding steroid dienone is 1. The Labute approximate surface area is 79.6 Å². The highest BCUT2D eigenvalue weighted by molar-refractivity contribution is 5.87. The third kappa shape index (κ3) is 1.93. The molecule has 2 nitrogen and oxygen atoms in total. The summed E-state index contributed by atoms with van der Waals surface area (Å²) in [6.45, 7) is 6.39. The molecule has 0 aromatic rings. The van der Waals surface area contributed by atoms with Crippen LogP contribution in [0.1, 0.15) is 40.0 Å². The normalized spacial score (nSPS) is 26.7. The minimum Gasteiger partial charge on any atom is -0.478 e. The highest BCUT2D eigenvalue weighted by Crippen LogP contribution is 2.42. The smallest absolute Gasteiger partial charge is 0.331 e. The summed E-state index contributed by atoms with van der Waals surface area (Å²) < 4.78 is 0. The quantitative estimate of drug-likeness (QED) is 0.713. The topological polar surface area (TPSA) is 37.3 Å². The molecule has 0 heterocycles. The maximum Gasteiger partial charge on any atom is 0.331 e. The molecule has 0 aliphatic heterocycles. The minimum absolute atomic E-state index is 0.150. The van der Waals surface area contributed by atoms with Crippen LogP contribution in [0.25, 0.3) is 0 Å². The van der Waals surface area contributed by atoms with E-state index in [1.807, 2.05) is 6.08 Å². The first-order valence-electron chi connectivity index (χ1n) is 4.92. The summed E-state index contributed by atoms with van der Waals surface area (Å²) >= 11 is 0. The second kappa shape index (κ2) is 3.52. The number of rotatable bonds is 2. The largest absolute Gasteiger partial charge is 0.478 e. The SMILES string of the molecule is CCC1C(C(=O)O)=CCCC1(C)C. The van der Waals surface area contributed by atoms with E-state index in [2.05, 4.69) is 20.8 Å². The van der Waals surface area contributed by atoms with Gasteiger partial charge in [-0.25, -0.2) is 4.79 Å². The fraction of sp³-hybridized carbons (Fsp3) is 0.727. The van der Waals surface area contributed by atoms with E-state index in [4.69, 9.17) is 5.11 Å². The summed E-state index contributed by atoms with van der Waals surface area (Å²) in [5, 5.41) is 9.00. The first-order valence-corrected chi connectivity index (χ1v) is 4.92. The fourth-order valence-electron chi connectivity index (χ4n) is 2.35.